The van der Waals surface area contributed by atoms with Crippen LogP contribution in [0.2, 0.25) is 0 Å². The SMILES string of the molecule is CNCc1[nH]nc(-c2ccc3[nH]c(=O)oc3c2)c1C. The number of aromatic amines is 2. The summed E-state index contributed by atoms with van der Waals surface area (Å²) in [4.78, 5) is 13.8. The van der Waals surface area contributed by atoms with Crippen LogP contribution < -0.4 is 11.1 Å². The molecule has 0 amide bonds. The van der Waals surface area contributed by atoms with Crippen LogP contribution in [0.1, 0.15) is 11.3 Å². The number of aromatic nitrogens is 3. The van der Waals surface area contributed by atoms with E-state index in [2.05, 4.69) is 20.5 Å². The molecule has 0 bridgehead atoms. The summed E-state index contributed by atoms with van der Waals surface area (Å²) in [6.07, 6.45) is 0. The zero-order valence-corrected chi connectivity index (χ0v) is 10.7. The van der Waals surface area contributed by atoms with Crippen LogP contribution in [0.4, 0.5) is 0 Å². The molecule has 3 N–H and O–H groups in total. The summed E-state index contributed by atoms with van der Waals surface area (Å²) in [6.45, 7) is 2.75. The Morgan fingerprint density at radius 1 is 1.42 bits per heavy atom. The number of rotatable bonds is 3. The summed E-state index contributed by atoms with van der Waals surface area (Å²) in [5.41, 5.74) is 5.17. The standard InChI is InChI=1S/C13H14N4O2/c1-7-10(6-14-2)16-17-12(7)8-3-4-9-11(5-8)19-13(18)15-9/h3-5,14H,6H2,1-2H3,(H,15,18)(H,16,17). The predicted molar refractivity (Wildman–Crippen MR) is 71.9 cm³/mol. The number of hydrogen-bond donors (Lipinski definition) is 3. The number of hydrogen-bond acceptors (Lipinski definition) is 4. The summed E-state index contributed by atoms with van der Waals surface area (Å²) >= 11 is 0. The fourth-order valence-electron chi connectivity index (χ4n) is 2.16. The molecule has 6 heteroatoms. The maximum absolute atomic E-state index is 11.1. The van der Waals surface area contributed by atoms with E-state index in [-0.39, 0.29) is 0 Å². The van der Waals surface area contributed by atoms with Gasteiger partial charge in [-0.15, -0.1) is 0 Å². The molecule has 0 spiro atoms. The smallest absolute Gasteiger partial charge is 0.408 e. The van der Waals surface area contributed by atoms with Crippen molar-refractivity contribution in [2.75, 3.05) is 7.05 Å². The molecule has 0 aliphatic carbocycles. The van der Waals surface area contributed by atoms with Crippen LogP contribution in [-0.2, 0) is 6.54 Å². The molecule has 2 heterocycles. The number of nitrogens with one attached hydrogen (secondary N) is 3. The highest BCUT2D eigenvalue weighted by molar-refractivity contribution is 5.79. The Balaban J connectivity index is 2.10. The molecular weight excluding hydrogens is 244 g/mol. The molecule has 0 atom stereocenters. The van der Waals surface area contributed by atoms with Crippen molar-refractivity contribution in [3.63, 3.8) is 0 Å². The molecule has 3 rings (SSSR count). The van der Waals surface area contributed by atoms with Gasteiger partial charge in [0.05, 0.1) is 16.9 Å². The Bertz CT molecular complexity index is 781. The van der Waals surface area contributed by atoms with Gasteiger partial charge in [-0.1, -0.05) is 6.07 Å². The summed E-state index contributed by atoms with van der Waals surface area (Å²) in [6, 6.07) is 5.56. The average molecular weight is 258 g/mol. The van der Waals surface area contributed by atoms with E-state index < -0.39 is 5.76 Å². The molecule has 98 valence electrons. The lowest BCUT2D eigenvalue weighted by Crippen LogP contribution is -2.06. The van der Waals surface area contributed by atoms with Crippen molar-refractivity contribution in [1.82, 2.24) is 20.5 Å². The molecule has 1 aromatic carbocycles. The minimum atomic E-state index is -0.443. The van der Waals surface area contributed by atoms with Crippen molar-refractivity contribution in [2.45, 2.75) is 13.5 Å². The fraction of sp³-hybridized carbons (Fsp3) is 0.231. The first-order valence-corrected chi connectivity index (χ1v) is 6.00. The molecule has 0 saturated heterocycles. The summed E-state index contributed by atoms with van der Waals surface area (Å²) in [7, 11) is 1.89. The highest BCUT2D eigenvalue weighted by atomic mass is 16.4. The van der Waals surface area contributed by atoms with Crippen molar-refractivity contribution >= 4 is 11.1 Å². The van der Waals surface area contributed by atoms with Crippen LogP contribution in [0, 0.1) is 6.92 Å². The second-order valence-electron chi connectivity index (χ2n) is 4.43. The van der Waals surface area contributed by atoms with E-state index in [1.54, 1.807) is 0 Å². The summed E-state index contributed by atoms with van der Waals surface area (Å²) in [5.74, 6) is -0.443. The van der Waals surface area contributed by atoms with E-state index in [9.17, 15) is 4.79 Å². The Morgan fingerprint density at radius 3 is 3.05 bits per heavy atom. The first kappa shape index (κ1) is 11.7. The van der Waals surface area contributed by atoms with Crippen molar-refractivity contribution in [2.24, 2.45) is 0 Å². The predicted octanol–water partition coefficient (Wildman–Crippen LogP) is 1.54. The van der Waals surface area contributed by atoms with Crippen LogP contribution >= 0.6 is 0 Å². The third-order valence-electron chi connectivity index (χ3n) is 3.16. The van der Waals surface area contributed by atoms with Gasteiger partial charge in [0.1, 0.15) is 0 Å². The van der Waals surface area contributed by atoms with Crippen molar-refractivity contribution in [3.8, 4) is 11.3 Å². The third-order valence-corrected chi connectivity index (χ3v) is 3.16. The normalized spacial score (nSPS) is 11.3. The van der Waals surface area contributed by atoms with Crippen molar-refractivity contribution in [3.05, 3.63) is 40.0 Å². The monoisotopic (exact) mass is 258 g/mol. The Kier molecular flexibility index (Phi) is 2.72. The van der Waals surface area contributed by atoms with Gasteiger partial charge in [-0.25, -0.2) is 4.79 Å². The van der Waals surface area contributed by atoms with Gasteiger partial charge in [-0.05, 0) is 31.7 Å². The minimum absolute atomic E-state index is 0.443. The number of fused-ring (bicyclic) bond motifs is 1. The lowest BCUT2D eigenvalue weighted by Gasteiger charge is -2.00. The van der Waals surface area contributed by atoms with Crippen LogP contribution in [0.25, 0.3) is 22.4 Å². The molecule has 2 aromatic heterocycles. The molecule has 6 nitrogen and oxygen atoms in total. The van der Waals surface area contributed by atoms with E-state index in [1.807, 2.05) is 32.2 Å². The average Bonchev–Trinajstić information content (AvgIpc) is 2.92. The number of H-pyrrole nitrogens is 2. The highest BCUT2D eigenvalue weighted by Gasteiger charge is 2.12. The van der Waals surface area contributed by atoms with Gasteiger partial charge in [0.25, 0.3) is 0 Å². The first-order chi connectivity index (χ1) is 9.19. The molecule has 0 radical (unpaired) electrons. The topological polar surface area (TPSA) is 86.7 Å². The van der Waals surface area contributed by atoms with Crippen LogP contribution in [-0.4, -0.2) is 22.2 Å². The van der Waals surface area contributed by atoms with Crippen molar-refractivity contribution < 1.29 is 4.42 Å². The van der Waals surface area contributed by atoms with E-state index in [4.69, 9.17) is 4.42 Å². The van der Waals surface area contributed by atoms with E-state index >= 15 is 0 Å². The Labute approximate surface area is 108 Å². The number of benzene rings is 1. The lowest BCUT2D eigenvalue weighted by atomic mass is 10.1. The largest absolute Gasteiger partial charge is 0.417 e. The fourth-order valence-corrected chi connectivity index (χ4v) is 2.16. The van der Waals surface area contributed by atoms with Crippen LogP contribution in [0.5, 0.6) is 0 Å². The van der Waals surface area contributed by atoms with E-state index in [0.29, 0.717) is 11.1 Å². The quantitative estimate of drug-likeness (QED) is 0.665. The highest BCUT2D eigenvalue weighted by Crippen LogP contribution is 2.25. The minimum Gasteiger partial charge on any atom is -0.408 e. The molecule has 19 heavy (non-hydrogen) atoms. The third kappa shape index (κ3) is 1.96. The van der Waals surface area contributed by atoms with Gasteiger partial charge in [0, 0.05) is 12.1 Å². The molecule has 0 aliphatic heterocycles. The number of oxazole rings is 1. The molecule has 3 aromatic rings. The van der Waals surface area contributed by atoms with Gasteiger partial charge in [-0.3, -0.25) is 10.1 Å². The van der Waals surface area contributed by atoms with Gasteiger partial charge in [0.2, 0.25) is 0 Å². The second kappa shape index (κ2) is 4.40. The molecule has 0 fully saturated rings. The Hall–Kier alpha value is -2.34. The van der Waals surface area contributed by atoms with Gasteiger partial charge < -0.3 is 9.73 Å². The number of nitrogens with zero attached hydrogens (tertiary/aromatic N) is 1. The van der Waals surface area contributed by atoms with Crippen LogP contribution in [0.3, 0.4) is 0 Å². The van der Waals surface area contributed by atoms with E-state index in [1.165, 1.54) is 0 Å². The summed E-state index contributed by atoms with van der Waals surface area (Å²) < 4.78 is 5.06. The molecular formula is C13H14N4O2. The van der Waals surface area contributed by atoms with Crippen molar-refractivity contribution in [1.29, 1.82) is 0 Å². The maximum atomic E-state index is 11.1. The van der Waals surface area contributed by atoms with E-state index in [0.717, 1.165) is 29.1 Å². The van der Waals surface area contributed by atoms with Gasteiger partial charge >= 0.3 is 5.76 Å². The first-order valence-electron chi connectivity index (χ1n) is 6.00. The zero-order valence-electron chi connectivity index (χ0n) is 10.7. The Morgan fingerprint density at radius 2 is 2.26 bits per heavy atom. The van der Waals surface area contributed by atoms with Crippen LogP contribution in [0.15, 0.2) is 27.4 Å². The summed E-state index contributed by atoms with van der Waals surface area (Å²) in [5, 5.41) is 10.4. The second-order valence-corrected chi connectivity index (χ2v) is 4.43. The molecule has 0 unspecified atom stereocenters. The maximum Gasteiger partial charge on any atom is 0.417 e. The molecule has 0 saturated carbocycles. The van der Waals surface area contributed by atoms with Gasteiger partial charge in [0.15, 0.2) is 5.58 Å². The molecule has 0 aliphatic rings. The lowest BCUT2D eigenvalue weighted by molar-refractivity contribution is 0.555. The zero-order chi connectivity index (χ0) is 13.4. The van der Waals surface area contributed by atoms with Gasteiger partial charge in [-0.2, -0.15) is 5.10 Å².